The second kappa shape index (κ2) is 6.60. The van der Waals surface area contributed by atoms with Gasteiger partial charge in [0.05, 0.1) is 15.5 Å². The fraction of sp³-hybridized carbons (Fsp3) is 0.200. The summed E-state index contributed by atoms with van der Waals surface area (Å²) >= 11 is 5.76. The summed E-state index contributed by atoms with van der Waals surface area (Å²) in [5, 5.41) is 0.447. The van der Waals surface area contributed by atoms with E-state index in [-0.39, 0.29) is 15.5 Å². The molecule has 23 heavy (non-hydrogen) atoms. The second-order valence-electron chi connectivity index (χ2n) is 5.15. The topological polar surface area (TPSA) is 71.5 Å². The molecule has 0 bridgehead atoms. The summed E-state index contributed by atoms with van der Waals surface area (Å²) in [5.41, 5.74) is 0.405. The van der Waals surface area contributed by atoms with Crippen LogP contribution in [0.15, 0.2) is 58.3 Å². The third-order valence-electron chi connectivity index (χ3n) is 3.21. The molecule has 0 heterocycles. The molecular weight excluding hydrogens is 358 g/mol. The van der Waals surface area contributed by atoms with Crippen LogP contribution in [0.1, 0.15) is 5.56 Å². The highest BCUT2D eigenvalue weighted by Gasteiger charge is 2.20. The van der Waals surface area contributed by atoms with Crippen LogP contribution < -0.4 is 0 Å². The van der Waals surface area contributed by atoms with Crippen LogP contribution in [0.25, 0.3) is 0 Å². The van der Waals surface area contributed by atoms with Crippen molar-refractivity contribution in [2.24, 2.45) is 0 Å². The van der Waals surface area contributed by atoms with E-state index in [0.717, 1.165) is 4.31 Å². The first kappa shape index (κ1) is 17.9. The Morgan fingerprint density at radius 3 is 2.09 bits per heavy atom. The summed E-state index contributed by atoms with van der Waals surface area (Å²) in [6.45, 7) is 0. The summed E-state index contributed by atoms with van der Waals surface area (Å²) in [6.07, 6.45) is 0. The van der Waals surface area contributed by atoms with Gasteiger partial charge < -0.3 is 0 Å². The fourth-order valence-electron chi connectivity index (χ4n) is 1.95. The third kappa shape index (κ3) is 4.11. The lowest BCUT2D eigenvalue weighted by Crippen LogP contribution is -2.22. The van der Waals surface area contributed by atoms with Crippen LogP contribution in [-0.2, 0) is 25.6 Å². The molecule has 0 fully saturated rings. The summed E-state index contributed by atoms with van der Waals surface area (Å²) in [4.78, 5) is 0.203. The van der Waals surface area contributed by atoms with Gasteiger partial charge in [0.2, 0.25) is 10.0 Å². The molecule has 0 radical (unpaired) electrons. The zero-order valence-corrected chi connectivity index (χ0v) is 15.0. The van der Waals surface area contributed by atoms with Crippen LogP contribution in [0.3, 0.4) is 0 Å². The third-order valence-corrected chi connectivity index (χ3v) is 6.97. The summed E-state index contributed by atoms with van der Waals surface area (Å²) < 4.78 is 50.1. The molecule has 0 N–H and O–H groups in total. The molecule has 2 aromatic rings. The molecule has 0 spiro atoms. The van der Waals surface area contributed by atoms with Crippen LogP contribution in [-0.4, -0.2) is 35.2 Å². The van der Waals surface area contributed by atoms with Crippen molar-refractivity contribution in [1.29, 1.82) is 0 Å². The van der Waals surface area contributed by atoms with Gasteiger partial charge in [-0.05, 0) is 42.0 Å². The van der Waals surface area contributed by atoms with Gasteiger partial charge in [-0.3, -0.25) is 0 Å². The number of nitrogens with zero attached hydrogens (tertiary/aromatic N) is 1. The van der Waals surface area contributed by atoms with Crippen molar-refractivity contribution in [3.05, 3.63) is 59.1 Å². The van der Waals surface area contributed by atoms with Gasteiger partial charge >= 0.3 is 0 Å². The summed E-state index contributed by atoms with van der Waals surface area (Å²) in [6, 6.07) is 11.8. The lowest BCUT2D eigenvalue weighted by atomic mass is 10.2. The fourth-order valence-corrected chi connectivity index (χ4v) is 4.39. The standard InChI is InChI=1S/C15H16ClNO4S2/c1-17(2)23(20,21)15-5-3-4-12(10-15)11-22(18,19)14-8-6-13(16)7-9-14/h3-10H,11H2,1-2H3. The zero-order valence-electron chi connectivity index (χ0n) is 12.6. The molecule has 0 aliphatic carbocycles. The molecule has 2 rings (SSSR count). The van der Waals surface area contributed by atoms with Crippen molar-refractivity contribution < 1.29 is 16.8 Å². The van der Waals surface area contributed by atoms with E-state index in [4.69, 9.17) is 11.6 Å². The van der Waals surface area contributed by atoms with E-state index in [2.05, 4.69) is 0 Å². The Hall–Kier alpha value is -1.41. The Labute approximate surface area is 141 Å². The molecule has 2 aromatic carbocycles. The minimum absolute atomic E-state index is 0.0614. The van der Waals surface area contributed by atoms with Crippen LogP contribution in [0.2, 0.25) is 5.02 Å². The molecule has 5 nitrogen and oxygen atoms in total. The SMILES string of the molecule is CN(C)S(=O)(=O)c1cccc(CS(=O)(=O)c2ccc(Cl)cc2)c1. The number of sulfonamides is 1. The van der Waals surface area contributed by atoms with E-state index < -0.39 is 19.9 Å². The Bertz CT molecular complexity index is 905. The predicted molar refractivity (Wildman–Crippen MR) is 89.7 cm³/mol. The molecule has 0 atom stereocenters. The van der Waals surface area contributed by atoms with Crippen molar-refractivity contribution in [2.45, 2.75) is 15.5 Å². The van der Waals surface area contributed by atoms with Crippen molar-refractivity contribution in [3.63, 3.8) is 0 Å². The molecule has 0 saturated heterocycles. The second-order valence-corrected chi connectivity index (χ2v) is 9.73. The average Bonchev–Trinajstić information content (AvgIpc) is 2.47. The van der Waals surface area contributed by atoms with Gasteiger partial charge in [-0.2, -0.15) is 0 Å². The highest BCUT2D eigenvalue weighted by Crippen LogP contribution is 2.21. The maximum Gasteiger partial charge on any atom is 0.242 e. The van der Waals surface area contributed by atoms with Crippen molar-refractivity contribution in [2.75, 3.05) is 14.1 Å². The van der Waals surface area contributed by atoms with E-state index in [1.165, 1.54) is 56.6 Å². The average molecular weight is 374 g/mol. The minimum Gasteiger partial charge on any atom is -0.223 e. The quantitative estimate of drug-likeness (QED) is 0.807. The molecule has 124 valence electrons. The Morgan fingerprint density at radius 1 is 0.913 bits per heavy atom. The van der Waals surface area contributed by atoms with Crippen molar-refractivity contribution >= 4 is 31.5 Å². The van der Waals surface area contributed by atoms with E-state index in [1.54, 1.807) is 6.07 Å². The normalized spacial score (nSPS) is 12.5. The number of sulfone groups is 1. The lowest BCUT2D eigenvalue weighted by Gasteiger charge is -2.12. The minimum atomic E-state index is -3.60. The smallest absolute Gasteiger partial charge is 0.223 e. The Morgan fingerprint density at radius 2 is 1.52 bits per heavy atom. The number of halogens is 1. The van der Waals surface area contributed by atoms with Gasteiger partial charge in [0.1, 0.15) is 0 Å². The van der Waals surface area contributed by atoms with Crippen LogP contribution in [0.5, 0.6) is 0 Å². The van der Waals surface area contributed by atoms with Crippen LogP contribution in [0.4, 0.5) is 0 Å². The number of hydrogen-bond acceptors (Lipinski definition) is 4. The summed E-state index contributed by atoms with van der Waals surface area (Å²) in [5.74, 6) is -0.286. The lowest BCUT2D eigenvalue weighted by molar-refractivity contribution is 0.520. The maximum absolute atomic E-state index is 12.4. The number of benzene rings is 2. The molecule has 8 heteroatoms. The highest BCUT2D eigenvalue weighted by molar-refractivity contribution is 7.90. The first-order chi connectivity index (χ1) is 10.6. The first-order valence-corrected chi connectivity index (χ1v) is 10.1. The zero-order chi connectivity index (χ0) is 17.3. The van der Waals surface area contributed by atoms with Crippen molar-refractivity contribution in [3.8, 4) is 0 Å². The van der Waals surface area contributed by atoms with Gasteiger partial charge in [0.25, 0.3) is 0 Å². The largest absolute Gasteiger partial charge is 0.242 e. The molecule has 0 aliphatic rings. The number of rotatable bonds is 5. The molecular formula is C15H16ClNO4S2. The monoisotopic (exact) mass is 373 g/mol. The maximum atomic E-state index is 12.4. The molecule has 0 aromatic heterocycles. The highest BCUT2D eigenvalue weighted by atomic mass is 35.5. The summed E-state index contributed by atoms with van der Waals surface area (Å²) in [7, 11) is -4.34. The van der Waals surface area contributed by atoms with Gasteiger partial charge in [0.15, 0.2) is 9.84 Å². The first-order valence-electron chi connectivity index (χ1n) is 6.63. The van der Waals surface area contributed by atoms with Gasteiger partial charge in [-0.25, -0.2) is 21.1 Å². The van der Waals surface area contributed by atoms with Gasteiger partial charge in [-0.1, -0.05) is 23.7 Å². The molecule has 0 amide bonds. The van der Waals surface area contributed by atoms with E-state index in [0.29, 0.717) is 10.6 Å². The van der Waals surface area contributed by atoms with Crippen LogP contribution >= 0.6 is 11.6 Å². The molecule has 0 aliphatic heterocycles. The Kier molecular flexibility index (Phi) is 5.15. The van der Waals surface area contributed by atoms with E-state index in [1.807, 2.05) is 0 Å². The Balaban J connectivity index is 2.36. The van der Waals surface area contributed by atoms with Crippen LogP contribution in [0, 0.1) is 0 Å². The number of hydrogen-bond donors (Lipinski definition) is 0. The van der Waals surface area contributed by atoms with Crippen molar-refractivity contribution in [1.82, 2.24) is 4.31 Å². The predicted octanol–water partition coefficient (Wildman–Crippen LogP) is 2.56. The van der Waals surface area contributed by atoms with E-state index >= 15 is 0 Å². The molecule has 0 unspecified atom stereocenters. The van der Waals surface area contributed by atoms with Gasteiger partial charge in [0, 0.05) is 19.1 Å². The molecule has 0 saturated carbocycles. The van der Waals surface area contributed by atoms with Gasteiger partial charge in [-0.15, -0.1) is 0 Å². The van der Waals surface area contributed by atoms with E-state index in [9.17, 15) is 16.8 Å².